The Morgan fingerprint density at radius 3 is 2.79 bits per heavy atom. The van der Waals surface area contributed by atoms with E-state index >= 15 is 0 Å². The molecule has 2 N–H and O–H groups in total. The molecule has 0 saturated heterocycles. The molecule has 2 heteroatoms. The Morgan fingerprint density at radius 2 is 2.14 bits per heavy atom. The summed E-state index contributed by atoms with van der Waals surface area (Å²) in [5.41, 5.74) is 8.37. The first-order valence-corrected chi connectivity index (χ1v) is 5.57. The van der Waals surface area contributed by atoms with Crippen LogP contribution in [0.4, 0.5) is 0 Å². The largest absolute Gasteiger partial charge is 0.328 e. The van der Waals surface area contributed by atoms with Crippen LogP contribution in [-0.2, 0) is 0 Å². The molecular weight excluding hydrogens is 194 g/mol. The fourth-order valence-electron chi connectivity index (χ4n) is 2.28. The van der Waals surface area contributed by atoms with Crippen LogP contribution in [0.25, 0.3) is 0 Å². The quantitative estimate of drug-likeness (QED) is 0.755. The molecule has 0 amide bonds. The molecule has 0 aromatic heterocycles. The van der Waals surface area contributed by atoms with Crippen molar-refractivity contribution in [3.05, 3.63) is 34.3 Å². The van der Waals surface area contributed by atoms with Gasteiger partial charge in [-0.25, -0.2) is 0 Å². The summed E-state index contributed by atoms with van der Waals surface area (Å²) in [6.45, 7) is 2.06. The van der Waals surface area contributed by atoms with Crippen molar-refractivity contribution in [1.29, 1.82) is 0 Å². The van der Waals surface area contributed by atoms with Gasteiger partial charge in [-0.05, 0) is 43.2 Å². The summed E-state index contributed by atoms with van der Waals surface area (Å²) in [7, 11) is 0. The Morgan fingerprint density at radius 1 is 1.36 bits per heavy atom. The first-order chi connectivity index (χ1) is 6.68. The Balaban J connectivity index is 2.28. The van der Waals surface area contributed by atoms with E-state index in [-0.39, 0.29) is 0 Å². The van der Waals surface area contributed by atoms with Crippen molar-refractivity contribution in [2.75, 3.05) is 0 Å². The number of halogens is 1. The fourth-order valence-corrected chi connectivity index (χ4v) is 2.56. The molecule has 2 atom stereocenters. The molecule has 2 rings (SSSR count). The fraction of sp³-hybridized carbons (Fsp3) is 0.500. The van der Waals surface area contributed by atoms with Gasteiger partial charge in [0.2, 0.25) is 0 Å². The van der Waals surface area contributed by atoms with Crippen LogP contribution in [0.3, 0.4) is 0 Å². The summed E-state index contributed by atoms with van der Waals surface area (Å²) in [4.78, 5) is 0. The molecule has 1 aliphatic carbocycles. The lowest BCUT2D eigenvalue weighted by atomic mass is 9.96. The molecule has 76 valence electrons. The Kier molecular flexibility index (Phi) is 2.80. The van der Waals surface area contributed by atoms with Gasteiger partial charge in [-0.2, -0.15) is 0 Å². The lowest BCUT2D eigenvalue weighted by Gasteiger charge is -2.13. The van der Waals surface area contributed by atoms with Gasteiger partial charge >= 0.3 is 0 Å². The van der Waals surface area contributed by atoms with E-state index in [2.05, 4.69) is 25.1 Å². The van der Waals surface area contributed by atoms with Crippen LogP contribution in [0.1, 0.15) is 36.3 Å². The van der Waals surface area contributed by atoms with Crippen LogP contribution in [-0.4, -0.2) is 6.04 Å². The van der Waals surface area contributed by atoms with E-state index < -0.39 is 0 Å². The van der Waals surface area contributed by atoms with Crippen molar-refractivity contribution in [2.24, 2.45) is 5.73 Å². The van der Waals surface area contributed by atoms with Gasteiger partial charge in [-0.1, -0.05) is 29.8 Å². The molecule has 1 aromatic carbocycles. The lowest BCUT2D eigenvalue weighted by molar-refractivity contribution is 0.674. The van der Waals surface area contributed by atoms with Gasteiger partial charge in [0.1, 0.15) is 0 Å². The van der Waals surface area contributed by atoms with Crippen molar-refractivity contribution in [3.63, 3.8) is 0 Å². The van der Waals surface area contributed by atoms with Crippen LogP contribution < -0.4 is 5.73 Å². The highest BCUT2D eigenvalue weighted by Gasteiger charge is 2.24. The molecule has 1 fully saturated rings. The maximum Gasteiger partial charge on any atom is 0.0469 e. The maximum atomic E-state index is 6.28. The zero-order valence-electron chi connectivity index (χ0n) is 8.46. The highest BCUT2D eigenvalue weighted by atomic mass is 35.5. The van der Waals surface area contributed by atoms with Crippen molar-refractivity contribution < 1.29 is 0 Å². The van der Waals surface area contributed by atoms with Gasteiger partial charge in [0.25, 0.3) is 0 Å². The summed E-state index contributed by atoms with van der Waals surface area (Å²) in [6, 6.07) is 6.65. The molecule has 0 radical (unpaired) electrons. The molecule has 1 aromatic rings. The predicted molar refractivity (Wildman–Crippen MR) is 60.8 cm³/mol. The summed E-state index contributed by atoms with van der Waals surface area (Å²) < 4.78 is 0. The molecule has 0 bridgehead atoms. The smallest absolute Gasteiger partial charge is 0.0469 e. The van der Waals surface area contributed by atoms with Crippen molar-refractivity contribution in [3.8, 4) is 0 Å². The molecule has 14 heavy (non-hydrogen) atoms. The van der Waals surface area contributed by atoms with E-state index in [4.69, 9.17) is 17.3 Å². The second-order valence-corrected chi connectivity index (χ2v) is 4.63. The van der Waals surface area contributed by atoms with E-state index in [1.54, 1.807) is 0 Å². The molecule has 1 saturated carbocycles. The molecule has 0 heterocycles. The normalized spacial score (nSPS) is 26.8. The second-order valence-electron chi connectivity index (χ2n) is 4.25. The minimum absolute atomic E-state index is 0.372. The molecule has 0 aliphatic heterocycles. The molecular formula is C12H16ClN. The van der Waals surface area contributed by atoms with Crippen LogP contribution in [0.15, 0.2) is 18.2 Å². The van der Waals surface area contributed by atoms with Gasteiger partial charge in [0.05, 0.1) is 0 Å². The van der Waals surface area contributed by atoms with E-state index in [0.717, 1.165) is 17.9 Å². The number of hydrogen-bond acceptors (Lipinski definition) is 1. The SMILES string of the molecule is Cc1cccc(C2CCC(N)C2)c1Cl. The van der Waals surface area contributed by atoms with Gasteiger partial charge in [0, 0.05) is 11.1 Å². The predicted octanol–water partition coefficient (Wildman–Crippen LogP) is 3.24. The first-order valence-electron chi connectivity index (χ1n) is 5.19. The molecule has 1 aliphatic rings. The van der Waals surface area contributed by atoms with Gasteiger partial charge in [-0.3, -0.25) is 0 Å². The minimum atomic E-state index is 0.372. The highest BCUT2D eigenvalue weighted by Crippen LogP contribution is 2.37. The number of rotatable bonds is 1. The van der Waals surface area contributed by atoms with E-state index in [1.807, 2.05) is 0 Å². The van der Waals surface area contributed by atoms with E-state index in [1.165, 1.54) is 17.5 Å². The third-order valence-corrected chi connectivity index (χ3v) is 3.65. The second kappa shape index (κ2) is 3.92. The number of hydrogen-bond donors (Lipinski definition) is 1. The summed E-state index contributed by atoms with van der Waals surface area (Å²) in [6.07, 6.45) is 3.41. The molecule has 1 nitrogen and oxygen atoms in total. The van der Waals surface area contributed by atoms with Crippen LogP contribution in [0.2, 0.25) is 5.02 Å². The van der Waals surface area contributed by atoms with Gasteiger partial charge < -0.3 is 5.73 Å². The third-order valence-electron chi connectivity index (χ3n) is 3.13. The van der Waals surface area contributed by atoms with Crippen LogP contribution in [0, 0.1) is 6.92 Å². The van der Waals surface area contributed by atoms with E-state index in [0.29, 0.717) is 12.0 Å². The highest BCUT2D eigenvalue weighted by molar-refractivity contribution is 6.32. The average molecular weight is 210 g/mol. The third kappa shape index (κ3) is 1.79. The number of benzene rings is 1. The Bertz CT molecular complexity index is 335. The van der Waals surface area contributed by atoms with Crippen molar-refractivity contribution >= 4 is 11.6 Å². The Hall–Kier alpha value is -0.530. The van der Waals surface area contributed by atoms with Gasteiger partial charge in [-0.15, -0.1) is 0 Å². The van der Waals surface area contributed by atoms with Crippen LogP contribution >= 0.6 is 11.6 Å². The average Bonchev–Trinajstić information content (AvgIpc) is 2.57. The van der Waals surface area contributed by atoms with Gasteiger partial charge in [0.15, 0.2) is 0 Å². The van der Waals surface area contributed by atoms with E-state index in [9.17, 15) is 0 Å². The number of aryl methyl sites for hydroxylation is 1. The lowest BCUT2D eigenvalue weighted by Crippen LogP contribution is -2.14. The topological polar surface area (TPSA) is 26.0 Å². The zero-order chi connectivity index (χ0) is 10.1. The first kappa shape index (κ1) is 10.0. The maximum absolute atomic E-state index is 6.28. The Labute approximate surface area is 90.3 Å². The zero-order valence-corrected chi connectivity index (χ0v) is 9.22. The van der Waals surface area contributed by atoms with Crippen LogP contribution in [0.5, 0.6) is 0 Å². The molecule has 2 unspecified atom stereocenters. The van der Waals surface area contributed by atoms with Crippen molar-refractivity contribution in [2.45, 2.75) is 38.1 Å². The monoisotopic (exact) mass is 209 g/mol. The molecule has 0 spiro atoms. The number of nitrogens with two attached hydrogens (primary N) is 1. The summed E-state index contributed by atoms with van der Waals surface area (Å²) >= 11 is 6.28. The minimum Gasteiger partial charge on any atom is -0.328 e. The summed E-state index contributed by atoms with van der Waals surface area (Å²) in [5, 5.41) is 0.937. The summed E-state index contributed by atoms with van der Waals surface area (Å²) in [5.74, 6) is 0.581. The van der Waals surface area contributed by atoms with Crippen molar-refractivity contribution in [1.82, 2.24) is 0 Å². The standard InChI is InChI=1S/C12H16ClN/c1-8-3-2-4-11(12(8)13)9-5-6-10(14)7-9/h2-4,9-10H,5-7,14H2,1H3.